The van der Waals surface area contributed by atoms with Gasteiger partial charge in [0.05, 0.1) is 11.5 Å². The maximum absolute atomic E-state index is 10.9. The van der Waals surface area contributed by atoms with E-state index in [4.69, 9.17) is 5.73 Å². The van der Waals surface area contributed by atoms with Gasteiger partial charge in [-0.15, -0.1) is 0 Å². The van der Waals surface area contributed by atoms with E-state index in [1.54, 1.807) is 0 Å². The van der Waals surface area contributed by atoms with E-state index in [1.165, 1.54) is 0 Å². The molecule has 0 radical (unpaired) electrons. The van der Waals surface area contributed by atoms with Gasteiger partial charge in [0, 0.05) is 6.04 Å². The van der Waals surface area contributed by atoms with Crippen molar-refractivity contribution in [3.05, 3.63) is 0 Å². The van der Waals surface area contributed by atoms with Crippen LogP contribution in [0.15, 0.2) is 0 Å². The molecule has 1 saturated carbocycles. The zero-order valence-electron chi connectivity index (χ0n) is 6.09. The van der Waals surface area contributed by atoms with Crippen molar-refractivity contribution in [2.45, 2.75) is 18.9 Å². The Morgan fingerprint density at radius 2 is 2.27 bits per heavy atom. The first-order chi connectivity index (χ1) is 5.18. The van der Waals surface area contributed by atoms with E-state index in [1.807, 2.05) is 0 Å². The maximum Gasteiger partial charge on any atom is 0.315 e. The highest BCUT2D eigenvalue weighted by Crippen LogP contribution is 2.17. The molecule has 0 aliphatic heterocycles. The van der Waals surface area contributed by atoms with E-state index >= 15 is 0 Å². The summed E-state index contributed by atoms with van der Waals surface area (Å²) < 4.78 is 0. The molecule has 5 heteroatoms. The summed E-state index contributed by atoms with van der Waals surface area (Å²) in [5.74, 6) is 0. The molecule has 0 aromatic heterocycles. The molecule has 0 unspecified atom stereocenters. The van der Waals surface area contributed by atoms with Gasteiger partial charge in [0.1, 0.15) is 0 Å². The number of nitrogens with one attached hydrogen (secondary N) is 2. The van der Waals surface area contributed by atoms with Crippen LogP contribution in [-0.2, 0) is 0 Å². The molecule has 0 aromatic rings. The molecule has 1 fully saturated rings. The minimum Gasteiger partial charge on any atom is -0.392 e. The Labute approximate surface area is 70.5 Å². The lowest BCUT2D eigenvalue weighted by molar-refractivity contribution is 0.242. The summed E-state index contributed by atoms with van der Waals surface area (Å²) in [6, 6.07) is 0.196. The minimum absolute atomic E-state index is 0.180. The lowest BCUT2D eigenvalue weighted by Crippen LogP contribution is -2.40. The molecule has 62 valence electrons. The molecule has 0 saturated heterocycles. The Balaban J connectivity index is 2.04. The SMILES string of the molecule is NC(=S)CNC(=O)NC1CC1. The lowest BCUT2D eigenvalue weighted by Gasteiger charge is -2.04. The highest BCUT2D eigenvalue weighted by Gasteiger charge is 2.22. The number of nitrogens with two attached hydrogens (primary N) is 1. The summed E-state index contributed by atoms with van der Waals surface area (Å²) in [6.45, 7) is 0.272. The Kier molecular flexibility index (Phi) is 2.64. The maximum atomic E-state index is 10.9. The second-order valence-electron chi connectivity index (χ2n) is 2.57. The fourth-order valence-corrected chi connectivity index (χ4v) is 0.704. The molecule has 1 rings (SSSR count). The number of hydrogen-bond donors (Lipinski definition) is 3. The highest BCUT2D eigenvalue weighted by atomic mass is 32.1. The van der Waals surface area contributed by atoms with Crippen molar-refractivity contribution < 1.29 is 4.79 Å². The van der Waals surface area contributed by atoms with Crippen LogP contribution >= 0.6 is 12.2 Å². The highest BCUT2D eigenvalue weighted by molar-refractivity contribution is 7.80. The first-order valence-corrected chi connectivity index (χ1v) is 3.92. The standard InChI is InChI=1S/C6H11N3OS/c7-5(11)3-8-6(10)9-4-1-2-4/h4H,1-3H2,(H2,7,11)(H2,8,9,10). The average Bonchev–Trinajstić information content (AvgIpc) is 2.67. The number of carbonyl (C=O) groups excluding carboxylic acids is 1. The van der Waals surface area contributed by atoms with E-state index in [9.17, 15) is 4.79 Å². The van der Waals surface area contributed by atoms with E-state index in [0.29, 0.717) is 11.0 Å². The molecule has 0 heterocycles. The summed E-state index contributed by atoms with van der Waals surface area (Å²) in [4.78, 5) is 11.2. The molecule has 4 nitrogen and oxygen atoms in total. The Bertz CT molecular complexity index is 179. The minimum atomic E-state index is -0.180. The van der Waals surface area contributed by atoms with E-state index in [0.717, 1.165) is 12.8 Å². The van der Waals surface area contributed by atoms with Crippen molar-refractivity contribution in [3.63, 3.8) is 0 Å². The molecule has 2 amide bonds. The summed E-state index contributed by atoms with van der Waals surface area (Å²) in [5.41, 5.74) is 5.18. The largest absolute Gasteiger partial charge is 0.392 e. The molecule has 4 N–H and O–H groups in total. The van der Waals surface area contributed by atoms with Crippen molar-refractivity contribution in [1.29, 1.82) is 0 Å². The zero-order chi connectivity index (χ0) is 8.27. The van der Waals surface area contributed by atoms with Crippen molar-refractivity contribution >= 4 is 23.2 Å². The van der Waals surface area contributed by atoms with Crippen molar-refractivity contribution in [2.24, 2.45) is 5.73 Å². The zero-order valence-corrected chi connectivity index (χ0v) is 6.91. The van der Waals surface area contributed by atoms with Crippen molar-refractivity contribution in [3.8, 4) is 0 Å². The fourth-order valence-electron chi connectivity index (χ4n) is 0.631. The number of thiocarbonyl (C=S) groups is 1. The number of rotatable bonds is 3. The smallest absolute Gasteiger partial charge is 0.315 e. The quantitative estimate of drug-likeness (QED) is 0.515. The van der Waals surface area contributed by atoms with Crippen LogP contribution in [0.4, 0.5) is 4.79 Å². The normalized spacial score (nSPS) is 15.6. The van der Waals surface area contributed by atoms with Gasteiger partial charge in [0.25, 0.3) is 0 Å². The molecule has 1 aliphatic rings. The van der Waals surface area contributed by atoms with Gasteiger partial charge in [-0.25, -0.2) is 4.79 Å². The number of carbonyl (C=O) groups is 1. The number of hydrogen-bond acceptors (Lipinski definition) is 2. The van der Waals surface area contributed by atoms with Gasteiger partial charge in [-0.1, -0.05) is 12.2 Å². The topological polar surface area (TPSA) is 67.1 Å². The summed E-state index contributed by atoms with van der Waals surface area (Å²) in [6.07, 6.45) is 2.17. The van der Waals surface area contributed by atoms with Crippen LogP contribution in [-0.4, -0.2) is 23.6 Å². The van der Waals surface area contributed by atoms with Crippen LogP contribution in [0.25, 0.3) is 0 Å². The molecule has 0 aromatic carbocycles. The Morgan fingerprint density at radius 1 is 1.64 bits per heavy atom. The summed E-state index contributed by atoms with van der Waals surface area (Å²) >= 11 is 4.58. The molecule has 1 aliphatic carbocycles. The fraction of sp³-hybridized carbons (Fsp3) is 0.667. The Morgan fingerprint density at radius 3 is 2.73 bits per heavy atom. The number of amides is 2. The van der Waals surface area contributed by atoms with Gasteiger partial charge in [0.2, 0.25) is 0 Å². The van der Waals surface area contributed by atoms with Gasteiger partial charge in [-0.05, 0) is 12.8 Å². The lowest BCUT2D eigenvalue weighted by atomic mass is 10.6. The van der Waals surface area contributed by atoms with Crippen LogP contribution in [0.5, 0.6) is 0 Å². The summed E-state index contributed by atoms with van der Waals surface area (Å²) in [5, 5.41) is 5.28. The van der Waals surface area contributed by atoms with E-state index in [-0.39, 0.29) is 12.6 Å². The van der Waals surface area contributed by atoms with Gasteiger partial charge in [-0.2, -0.15) is 0 Å². The first kappa shape index (κ1) is 8.26. The van der Waals surface area contributed by atoms with Crippen molar-refractivity contribution in [2.75, 3.05) is 6.54 Å². The molecule has 11 heavy (non-hydrogen) atoms. The molecule has 0 spiro atoms. The number of urea groups is 1. The molecular formula is C6H11N3OS. The molecule has 0 bridgehead atoms. The average molecular weight is 173 g/mol. The predicted molar refractivity (Wildman–Crippen MR) is 46.3 cm³/mol. The van der Waals surface area contributed by atoms with Crippen LogP contribution in [0.3, 0.4) is 0 Å². The van der Waals surface area contributed by atoms with Crippen LogP contribution in [0.1, 0.15) is 12.8 Å². The monoisotopic (exact) mass is 173 g/mol. The van der Waals surface area contributed by atoms with Crippen LogP contribution in [0, 0.1) is 0 Å². The van der Waals surface area contributed by atoms with E-state index < -0.39 is 0 Å². The van der Waals surface area contributed by atoms with E-state index in [2.05, 4.69) is 22.9 Å². The van der Waals surface area contributed by atoms with Gasteiger partial charge >= 0.3 is 6.03 Å². The third-order valence-electron chi connectivity index (χ3n) is 1.34. The first-order valence-electron chi connectivity index (χ1n) is 3.51. The van der Waals surface area contributed by atoms with Gasteiger partial charge in [0.15, 0.2) is 0 Å². The predicted octanol–water partition coefficient (Wildman–Crippen LogP) is -0.266. The van der Waals surface area contributed by atoms with Crippen LogP contribution < -0.4 is 16.4 Å². The third kappa shape index (κ3) is 3.77. The van der Waals surface area contributed by atoms with Gasteiger partial charge < -0.3 is 16.4 Å². The van der Waals surface area contributed by atoms with Gasteiger partial charge in [-0.3, -0.25) is 0 Å². The Hall–Kier alpha value is -0.840. The second kappa shape index (κ2) is 3.52. The third-order valence-corrected chi connectivity index (χ3v) is 1.48. The summed E-state index contributed by atoms with van der Waals surface area (Å²) in [7, 11) is 0. The molecule has 0 atom stereocenters. The second-order valence-corrected chi connectivity index (χ2v) is 3.09. The molecular weight excluding hydrogens is 162 g/mol. The van der Waals surface area contributed by atoms with Crippen LogP contribution in [0.2, 0.25) is 0 Å². The van der Waals surface area contributed by atoms with Crippen molar-refractivity contribution in [1.82, 2.24) is 10.6 Å².